The summed E-state index contributed by atoms with van der Waals surface area (Å²) in [6, 6.07) is 4.87. The third kappa shape index (κ3) is 5.93. The maximum atomic E-state index is 12.4. The molecule has 0 aromatic carbocycles. The number of anilines is 1. The van der Waals surface area contributed by atoms with Crippen LogP contribution in [0.3, 0.4) is 0 Å². The maximum Gasteiger partial charge on any atom is 0.248 e. The molecule has 6 nitrogen and oxygen atoms in total. The van der Waals surface area contributed by atoms with Gasteiger partial charge in [0.15, 0.2) is 0 Å². The molecule has 0 saturated heterocycles. The highest BCUT2D eigenvalue weighted by Gasteiger charge is 2.21. The molecule has 1 atom stereocenters. The molecule has 2 rings (SSSR count). The molecule has 2 amide bonds. The van der Waals surface area contributed by atoms with E-state index in [0.717, 1.165) is 8.66 Å². The van der Waals surface area contributed by atoms with E-state index in [9.17, 15) is 9.59 Å². The van der Waals surface area contributed by atoms with E-state index >= 15 is 0 Å². The Hall–Kier alpha value is -1.93. The van der Waals surface area contributed by atoms with Crippen LogP contribution in [0.2, 0.25) is 0 Å². The number of hydrogen-bond acceptors (Lipinski definition) is 4. The highest BCUT2D eigenvalue weighted by Crippen LogP contribution is 2.22. The number of amides is 2. The van der Waals surface area contributed by atoms with Crippen molar-refractivity contribution in [3.05, 3.63) is 39.1 Å². The number of hydrogen-bond donors (Lipinski definition) is 3. The molecule has 0 bridgehead atoms. The zero-order valence-corrected chi connectivity index (χ0v) is 15.8. The summed E-state index contributed by atoms with van der Waals surface area (Å²) in [5.41, 5.74) is 0. The fraction of sp³-hybridized carbons (Fsp3) is 0.312. The average Bonchev–Trinajstić information content (AvgIpc) is 3.15. The van der Waals surface area contributed by atoms with Gasteiger partial charge in [-0.25, -0.2) is 0 Å². The van der Waals surface area contributed by atoms with Gasteiger partial charge in [0.05, 0.1) is 9.98 Å². The Morgan fingerprint density at radius 1 is 1.38 bits per heavy atom. The fourth-order valence-corrected chi connectivity index (χ4v) is 3.37. The molecule has 8 heteroatoms. The molecule has 0 aliphatic carbocycles. The predicted molar refractivity (Wildman–Crippen MR) is 99.7 cm³/mol. The van der Waals surface area contributed by atoms with Crippen molar-refractivity contribution in [2.45, 2.75) is 26.3 Å². The van der Waals surface area contributed by atoms with Gasteiger partial charge in [-0.2, -0.15) is 5.10 Å². The number of carbonyl (C=O) groups is 2. The Labute approximate surface area is 152 Å². The summed E-state index contributed by atoms with van der Waals surface area (Å²) in [6.07, 6.45) is 5.26. The van der Waals surface area contributed by atoms with Gasteiger partial charge in [-0.15, -0.1) is 11.3 Å². The Balaban J connectivity index is 1.97. The molecule has 0 spiro atoms. The first-order chi connectivity index (χ1) is 11.4. The third-order valence-corrected chi connectivity index (χ3v) is 4.68. The number of nitrogens with one attached hydrogen (secondary N) is 3. The largest absolute Gasteiger partial charge is 0.341 e. The van der Waals surface area contributed by atoms with E-state index in [1.165, 1.54) is 17.4 Å². The van der Waals surface area contributed by atoms with E-state index < -0.39 is 6.04 Å². The van der Waals surface area contributed by atoms with E-state index in [4.69, 9.17) is 0 Å². The lowest BCUT2D eigenvalue weighted by atomic mass is 10.0. The van der Waals surface area contributed by atoms with Crippen molar-refractivity contribution in [3.8, 4) is 0 Å². The number of carbonyl (C=O) groups excluding carboxylic acids is 2. The minimum atomic E-state index is -0.611. The minimum absolute atomic E-state index is 0.264. The zero-order chi connectivity index (χ0) is 17.5. The van der Waals surface area contributed by atoms with Crippen molar-refractivity contribution in [2.75, 3.05) is 5.32 Å². The number of aromatic amines is 1. The van der Waals surface area contributed by atoms with Crippen LogP contribution in [0.15, 0.2) is 34.3 Å². The molecule has 0 aliphatic rings. The van der Waals surface area contributed by atoms with Crippen molar-refractivity contribution in [1.82, 2.24) is 15.5 Å². The first-order valence-electron chi connectivity index (χ1n) is 7.48. The van der Waals surface area contributed by atoms with Gasteiger partial charge in [0.1, 0.15) is 11.9 Å². The summed E-state index contributed by atoms with van der Waals surface area (Å²) in [5, 5.41) is 11.9. The SMILES string of the molecule is CC(C)CC(NC(=O)C=Cc1ccc(Br)s1)C(=O)Nc1ccn[nH]1. The summed E-state index contributed by atoms with van der Waals surface area (Å²) >= 11 is 4.90. The molecule has 1 unspecified atom stereocenters. The lowest BCUT2D eigenvalue weighted by Gasteiger charge is -2.18. The van der Waals surface area contributed by atoms with Gasteiger partial charge >= 0.3 is 0 Å². The van der Waals surface area contributed by atoms with Crippen LogP contribution in [-0.4, -0.2) is 28.1 Å². The number of H-pyrrole nitrogens is 1. The quantitative estimate of drug-likeness (QED) is 0.611. The van der Waals surface area contributed by atoms with Crippen molar-refractivity contribution in [1.29, 1.82) is 0 Å². The van der Waals surface area contributed by atoms with Crippen molar-refractivity contribution in [2.24, 2.45) is 5.92 Å². The maximum absolute atomic E-state index is 12.4. The van der Waals surface area contributed by atoms with Crippen LogP contribution in [0.25, 0.3) is 6.08 Å². The van der Waals surface area contributed by atoms with E-state index in [1.807, 2.05) is 26.0 Å². The summed E-state index contributed by atoms with van der Waals surface area (Å²) in [7, 11) is 0. The molecule has 0 radical (unpaired) electrons. The Bertz CT molecular complexity index is 709. The molecule has 2 aromatic rings. The standard InChI is InChI=1S/C16H19BrN4O2S/c1-10(2)9-12(16(23)20-14-7-8-18-21-14)19-15(22)6-4-11-3-5-13(17)24-11/h3-8,10,12H,9H2,1-2H3,(H,19,22)(H2,18,20,21,23). The molecule has 3 N–H and O–H groups in total. The van der Waals surface area contributed by atoms with Crippen LogP contribution in [0.4, 0.5) is 5.82 Å². The summed E-state index contributed by atoms with van der Waals surface area (Å²) in [6.45, 7) is 4.00. The normalized spacial score (nSPS) is 12.5. The van der Waals surface area contributed by atoms with Crippen LogP contribution in [0.5, 0.6) is 0 Å². The van der Waals surface area contributed by atoms with Crippen LogP contribution >= 0.6 is 27.3 Å². The topological polar surface area (TPSA) is 86.9 Å². The predicted octanol–water partition coefficient (Wildman–Crippen LogP) is 3.42. The summed E-state index contributed by atoms with van der Waals surface area (Å²) < 4.78 is 0.999. The van der Waals surface area contributed by atoms with Gasteiger partial charge in [-0.1, -0.05) is 13.8 Å². The van der Waals surface area contributed by atoms with Gasteiger partial charge in [0, 0.05) is 17.0 Å². The number of thiophene rings is 1. The second-order valence-corrected chi connectivity index (χ2v) is 8.12. The first-order valence-corrected chi connectivity index (χ1v) is 9.09. The molecular formula is C16H19BrN4O2S. The average molecular weight is 411 g/mol. The van der Waals surface area contributed by atoms with E-state index in [-0.39, 0.29) is 17.7 Å². The Morgan fingerprint density at radius 3 is 2.75 bits per heavy atom. The molecule has 2 heterocycles. The molecule has 0 saturated carbocycles. The van der Waals surface area contributed by atoms with E-state index in [0.29, 0.717) is 12.2 Å². The van der Waals surface area contributed by atoms with Gasteiger partial charge < -0.3 is 10.6 Å². The minimum Gasteiger partial charge on any atom is -0.341 e. The van der Waals surface area contributed by atoms with Crippen molar-refractivity contribution in [3.63, 3.8) is 0 Å². The molecule has 0 aliphatic heterocycles. The second kappa shape index (κ2) is 8.79. The Morgan fingerprint density at radius 2 is 2.17 bits per heavy atom. The molecule has 0 fully saturated rings. The van der Waals surface area contributed by atoms with Crippen LogP contribution in [-0.2, 0) is 9.59 Å². The van der Waals surface area contributed by atoms with Crippen LogP contribution in [0, 0.1) is 5.92 Å². The number of halogens is 1. The zero-order valence-electron chi connectivity index (χ0n) is 13.4. The molecule has 24 heavy (non-hydrogen) atoms. The van der Waals surface area contributed by atoms with Gasteiger partial charge in [-0.3, -0.25) is 14.7 Å². The first kappa shape index (κ1) is 18.4. The number of nitrogens with zero attached hydrogens (tertiary/aromatic N) is 1. The molecule has 128 valence electrons. The third-order valence-electron chi connectivity index (χ3n) is 3.09. The highest BCUT2D eigenvalue weighted by molar-refractivity contribution is 9.11. The molecular weight excluding hydrogens is 392 g/mol. The van der Waals surface area contributed by atoms with Gasteiger partial charge in [-0.05, 0) is 46.5 Å². The monoisotopic (exact) mass is 410 g/mol. The fourth-order valence-electron chi connectivity index (χ4n) is 2.04. The summed E-state index contributed by atoms with van der Waals surface area (Å²) in [5.74, 6) is 0.195. The van der Waals surface area contributed by atoms with Crippen molar-refractivity contribution < 1.29 is 9.59 Å². The lowest BCUT2D eigenvalue weighted by molar-refractivity contribution is -0.124. The van der Waals surface area contributed by atoms with Gasteiger partial charge in [0.2, 0.25) is 11.8 Å². The smallest absolute Gasteiger partial charge is 0.248 e. The van der Waals surface area contributed by atoms with E-state index in [2.05, 4.69) is 36.8 Å². The second-order valence-electron chi connectivity index (χ2n) is 5.63. The highest BCUT2D eigenvalue weighted by atomic mass is 79.9. The van der Waals surface area contributed by atoms with Gasteiger partial charge in [0.25, 0.3) is 0 Å². The van der Waals surface area contributed by atoms with Crippen molar-refractivity contribution >= 4 is 51.0 Å². The number of aromatic nitrogens is 2. The molecule has 2 aromatic heterocycles. The van der Waals surface area contributed by atoms with Crippen LogP contribution < -0.4 is 10.6 Å². The Kier molecular flexibility index (Phi) is 6.74. The summed E-state index contributed by atoms with van der Waals surface area (Å²) in [4.78, 5) is 25.4. The van der Waals surface area contributed by atoms with E-state index in [1.54, 1.807) is 18.3 Å². The lowest BCUT2D eigenvalue weighted by Crippen LogP contribution is -2.44. The van der Waals surface area contributed by atoms with Crippen LogP contribution in [0.1, 0.15) is 25.1 Å². The number of rotatable bonds is 7.